The molecular formula is C29H26N6OS. The zero-order valence-corrected chi connectivity index (χ0v) is 21.1. The second kappa shape index (κ2) is 10.5. The van der Waals surface area contributed by atoms with Crippen molar-refractivity contribution in [2.45, 2.75) is 6.54 Å². The van der Waals surface area contributed by atoms with Gasteiger partial charge in [0.25, 0.3) is 5.91 Å². The summed E-state index contributed by atoms with van der Waals surface area (Å²) < 4.78 is 0. The lowest BCUT2D eigenvalue weighted by Gasteiger charge is -2.35. The smallest absolute Gasteiger partial charge is 0.256 e. The molecule has 1 fully saturated rings. The minimum atomic E-state index is -0.0968. The van der Waals surface area contributed by atoms with Gasteiger partial charge in [-0.3, -0.25) is 19.7 Å². The molecule has 0 spiro atoms. The van der Waals surface area contributed by atoms with E-state index in [4.69, 9.17) is 4.98 Å². The average Bonchev–Trinajstić information content (AvgIpc) is 3.49. The van der Waals surface area contributed by atoms with Gasteiger partial charge in [-0.1, -0.05) is 24.3 Å². The molecule has 6 rings (SSSR count). The van der Waals surface area contributed by atoms with Crippen molar-refractivity contribution in [3.05, 3.63) is 101 Å². The highest BCUT2D eigenvalue weighted by atomic mass is 32.1. The second-order valence-corrected chi connectivity index (χ2v) is 9.88. The quantitative estimate of drug-likeness (QED) is 0.336. The summed E-state index contributed by atoms with van der Waals surface area (Å²) in [4.78, 5) is 30.9. The lowest BCUT2D eigenvalue weighted by molar-refractivity contribution is 0.102. The fourth-order valence-electron chi connectivity index (χ4n) is 4.56. The average molecular weight is 507 g/mol. The SMILES string of the molecule is O=C(Nc1ccc(-c2ccc3ncc(N4CCN(Cc5cccnc5)CC4)nc3c2)cc1)c1ccsc1. The third-order valence-electron chi connectivity index (χ3n) is 6.61. The molecule has 184 valence electrons. The molecule has 0 atom stereocenters. The third kappa shape index (κ3) is 5.35. The molecule has 3 aromatic heterocycles. The van der Waals surface area contributed by atoms with E-state index in [1.807, 2.05) is 71.8 Å². The van der Waals surface area contributed by atoms with Gasteiger partial charge in [0.2, 0.25) is 0 Å². The van der Waals surface area contributed by atoms with Gasteiger partial charge in [-0.25, -0.2) is 4.98 Å². The topological polar surface area (TPSA) is 74.2 Å². The fourth-order valence-corrected chi connectivity index (χ4v) is 5.20. The van der Waals surface area contributed by atoms with Gasteiger partial charge in [0.1, 0.15) is 5.82 Å². The Balaban J connectivity index is 1.14. The van der Waals surface area contributed by atoms with Crippen molar-refractivity contribution in [1.82, 2.24) is 19.9 Å². The molecule has 5 aromatic rings. The molecule has 1 aliphatic heterocycles. The molecule has 37 heavy (non-hydrogen) atoms. The van der Waals surface area contributed by atoms with Crippen molar-refractivity contribution in [3.63, 3.8) is 0 Å². The Morgan fingerprint density at radius 2 is 1.76 bits per heavy atom. The van der Waals surface area contributed by atoms with Crippen LogP contribution in [0.3, 0.4) is 0 Å². The maximum atomic E-state index is 12.3. The number of pyridine rings is 1. The Kier molecular flexibility index (Phi) is 6.58. The lowest BCUT2D eigenvalue weighted by atomic mass is 10.0. The molecular weight excluding hydrogens is 480 g/mol. The molecule has 2 aromatic carbocycles. The summed E-state index contributed by atoms with van der Waals surface area (Å²) in [6, 6.07) is 20.0. The van der Waals surface area contributed by atoms with Crippen LogP contribution in [0.2, 0.25) is 0 Å². The van der Waals surface area contributed by atoms with Gasteiger partial charge in [0.15, 0.2) is 0 Å². The standard InChI is InChI=1S/C29H26N6OS/c36-29(24-9-15-37-20-24)32-25-6-3-22(4-7-25)23-5-8-26-27(16-23)33-28(18-31-26)35-13-11-34(12-14-35)19-21-2-1-10-30-17-21/h1-10,15-18,20H,11-14,19H2,(H,32,36). The predicted molar refractivity (Wildman–Crippen MR) is 149 cm³/mol. The number of aromatic nitrogens is 3. The van der Waals surface area contributed by atoms with E-state index in [1.54, 1.807) is 0 Å². The number of hydrogen-bond donors (Lipinski definition) is 1. The molecule has 1 N–H and O–H groups in total. The zero-order valence-electron chi connectivity index (χ0n) is 20.2. The van der Waals surface area contributed by atoms with Crippen LogP contribution < -0.4 is 10.2 Å². The van der Waals surface area contributed by atoms with Crippen molar-refractivity contribution >= 4 is 39.8 Å². The Bertz CT molecular complexity index is 1500. The molecule has 0 bridgehead atoms. The van der Waals surface area contributed by atoms with Crippen molar-refractivity contribution in [2.24, 2.45) is 0 Å². The number of carbonyl (C=O) groups is 1. The number of carbonyl (C=O) groups excluding carboxylic acids is 1. The largest absolute Gasteiger partial charge is 0.353 e. The van der Waals surface area contributed by atoms with Gasteiger partial charge < -0.3 is 10.2 Å². The van der Waals surface area contributed by atoms with Crippen LogP contribution in [0, 0.1) is 0 Å². The van der Waals surface area contributed by atoms with Gasteiger partial charge >= 0.3 is 0 Å². The van der Waals surface area contributed by atoms with Crippen LogP contribution in [0.25, 0.3) is 22.2 Å². The number of amides is 1. The Morgan fingerprint density at radius 1 is 0.919 bits per heavy atom. The number of rotatable bonds is 6. The van der Waals surface area contributed by atoms with E-state index in [0.717, 1.165) is 66.4 Å². The maximum Gasteiger partial charge on any atom is 0.256 e. The highest BCUT2D eigenvalue weighted by molar-refractivity contribution is 7.08. The molecule has 0 saturated carbocycles. The van der Waals surface area contributed by atoms with Crippen molar-refractivity contribution in [1.29, 1.82) is 0 Å². The Labute approximate surface area is 219 Å². The first-order chi connectivity index (χ1) is 18.2. The number of anilines is 2. The van der Waals surface area contributed by atoms with Crippen LogP contribution in [-0.4, -0.2) is 51.9 Å². The van der Waals surface area contributed by atoms with Crippen LogP contribution in [0.1, 0.15) is 15.9 Å². The van der Waals surface area contributed by atoms with Crippen molar-refractivity contribution < 1.29 is 4.79 Å². The summed E-state index contributed by atoms with van der Waals surface area (Å²) >= 11 is 1.51. The number of thiophene rings is 1. The van der Waals surface area contributed by atoms with Crippen molar-refractivity contribution in [2.75, 3.05) is 36.4 Å². The van der Waals surface area contributed by atoms with Gasteiger partial charge in [-0.05, 0) is 58.5 Å². The monoisotopic (exact) mass is 506 g/mol. The van der Waals surface area contributed by atoms with E-state index in [0.29, 0.717) is 5.56 Å². The number of piperazine rings is 1. The summed E-state index contributed by atoms with van der Waals surface area (Å²) in [7, 11) is 0. The summed E-state index contributed by atoms with van der Waals surface area (Å²) in [6.07, 6.45) is 5.63. The number of nitrogens with one attached hydrogen (secondary N) is 1. The first-order valence-electron chi connectivity index (χ1n) is 12.3. The summed E-state index contributed by atoms with van der Waals surface area (Å²) in [5.74, 6) is 0.817. The Hall–Kier alpha value is -4.14. The summed E-state index contributed by atoms with van der Waals surface area (Å²) in [5, 5.41) is 6.69. The van der Waals surface area contributed by atoms with Crippen LogP contribution in [0.4, 0.5) is 11.5 Å². The molecule has 0 unspecified atom stereocenters. The van der Waals surface area contributed by atoms with E-state index in [2.05, 4.69) is 43.3 Å². The molecule has 0 aliphatic carbocycles. The Morgan fingerprint density at radius 3 is 2.51 bits per heavy atom. The molecule has 1 aliphatic rings. The van der Waals surface area contributed by atoms with E-state index < -0.39 is 0 Å². The van der Waals surface area contributed by atoms with Crippen molar-refractivity contribution in [3.8, 4) is 11.1 Å². The highest BCUT2D eigenvalue weighted by Crippen LogP contribution is 2.26. The molecule has 8 heteroatoms. The second-order valence-electron chi connectivity index (χ2n) is 9.10. The summed E-state index contributed by atoms with van der Waals surface area (Å²) in [6.45, 7) is 4.70. The molecule has 7 nitrogen and oxygen atoms in total. The van der Waals surface area contributed by atoms with Crippen LogP contribution in [0.15, 0.2) is 90.0 Å². The van der Waals surface area contributed by atoms with E-state index in [9.17, 15) is 4.79 Å². The highest BCUT2D eigenvalue weighted by Gasteiger charge is 2.19. The van der Waals surface area contributed by atoms with E-state index in [-0.39, 0.29) is 5.91 Å². The predicted octanol–water partition coefficient (Wildman–Crippen LogP) is 5.33. The normalized spacial score (nSPS) is 14.1. The number of benzene rings is 2. The fraction of sp³-hybridized carbons (Fsp3) is 0.172. The molecule has 1 saturated heterocycles. The minimum absolute atomic E-state index is 0.0968. The maximum absolute atomic E-state index is 12.3. The van der Waals surface area contributed by atoms with E-state index in [1.165, 1.54) is 16.9 Å². The zero-order chi connectivity index (χ0) is 25.0. The summed E-state index contributed by atoms with van der Waals surface area (Å²) in [5.41, 5.74) is 6.57. The lowest BCUT2D eigenvalue weighted by Crippen LogP contribution is -2.46. The first-order valence-corrected chi connectivity index (χ1v) is 13.2. The van der Waals surface area contributed by atoms with Crippen LogP contribution in [-0.2, 0) is 6.54 Å². The van der Waals surface area contributed by atoms with Gasteiger partial charge in [-0.15, -0.1) is 0 Å². The number of fused-ring (bicyclic) bond motifs is 1. The van der Waals surface area contributed by atoms with Gasteiger partial charge in [-0.2, -0.15) is 11.3 Å². The van der Waals surface area contributed by atoms with Gasteiger partial charge in [0, 0.05) is 56.2 Å². The first kappa shape index (κ1) is 23.3. The third-order valence-corrected chi connectivity index (χ3v) is 7.30. The van der Waals surface area contributed by atoms with Crippen LogP contribution in [0.5, 0.6) is 0 Å². The molecule has 4 heterocycles. The van der Waals surface area contributed by atoms with Crippen LogP contribution >= 0.6 is 11.3 Å². The van der Waals surface area contributed by atoms with Gasteiger partial charge in [0.05, 0.1) is 22.8 Å². The molecule has 0 radical (unpaired) electrons. The number of hydrogen-bond acceptors (Lipinski definition) is 7. The minimum Gasteiger partial charge on any atom is -0.353 e. The molecule has 1 amide bonds. The van der Waals surface area contributed by atoms with E-state index >= 15 is 0 Å². The number of nitrogens with zero attached hydrogens (tertiary/aromatic N) is 5.